The van der Waals surface area contributed by atoms with Crippen molar-refractivity contribution in [3.63, 3.8) is 0 Å². The molecule has 1 aliphatic carbocycles. The number of halogens is 3. The normalized spacial score (nSPS) is 16.6. The number of aromatic nitrogens is 3. The summed E-state index contributed by atoms with van der Waals surface area (Å²) in [5.41, 5.74) is 0.476. The monoisotopic (exact) mass is 418 g/mol. The van der Waals surface area contributed by atoms with Crippen LogP contribution < -0.4 is 0 Å². The Bertz CT molecular complexity index is 1150. The molecule has 3 aromatic rings. The molecule has 4 rings (SSSR count). The Balaban J connectivity index is 1.88. The van der Waals surface area contributed by atoms with E-state index in [-0.39, 0.29) is 5.52 Å². The molecule has 1 unspecified atom stereocenters. The van der Waals surface area contributed by atoms with Crippen LogP contribution in [0.15, 0.2) is 35.4 Å². The van der Waals surface area contributed by atoms with Gasteiger partial charge >= 0.3 is 6.18 Å². The Hall–Kier alpha value is -2.57. The minimum Gasteiger partial charge on any atom is -0.611 e. The largest absolute Gasteiger partial charge is 0.611 e. The third-order valence-electron chi connectivity index (χ3n) is 5.30. The van der Waals surface area contributed by atoms with Gasteiger partial charge in [0.05, 0.1) is 34.3 Å². The van der Waals surface area contributed by atoms with E-state index in [1.165, 1.54) is 0 Å². The van der Waals surface area contributed by atoms with Crippen LogP contribution in [0.3, 0.4) is 0 Å². The highest BCUT2D eigenvalue weighted by Crippen LogP contribution is 2.48. The molecular weight excluding hydrogens is 401 g/mol. The van der Waals surface area contributed by atoms with Crippen molar-refractivity contribution in [1.82, 2.24) is 14.5 Å². The molecule has 0 spiro atoms. The maximum Gasteiger partial charge on any atom is 0.433 e. The van der Waals surface area contributed by atoms with Crippen LogP contribution in [-0.2, 0) is 29.8 Å². The van der Waals surface area contributed by atoms with Gasteiger partial charge in [0.25, 0.3) is 0 Å². The number of pyridine rings is 1. The van der Waals surface area contributed by atoms with Crippen molar-refractivity contribution in [3.8, 4) is 17.5 Å². The van der Waals surface area contributed by atoms with Gasteiger partial charge in [-0.3, -0.25) is 0 Å². The number of aryl methyl sites for hydroxylation is 1. The topological polar surface area (TPSA) is 77.6 Å². The van der Waals surface area contributed by atoms with Crippen LogP contribution in [0, 0.1) is 11.3 Å². The number of nitrogens with zero attached hydrogens (tertiary/aromatic N) is 4. The molecule has 1 saturated carbocycles. The first-order valence-corrected chi connectivity index (χ1v) is 10.4. The van der Waals surface area contributed by atoms with Crippen molar-refractivity contribution in [2.24, 2.45) is 7.05 Å². The summed E-state index contributed by atoms with van der Waals surface area (Å²) in [5, 5.41) is 9.47. The van der Waals surface area contributed by atoms with E-state index in [0.29, 0.717) is 27.6 Å². The van der Waals surface area contributed by atoms with E-state index < -0.39 is 28.5 Å². The average molecular weight is 418 g/mol. The Morgan fingerprint density at radius 2 is 2.03 bits per heavy atom. The summed E-state index contributed by atoms with van der Waals surface area (Å²) >= 11 is -1.33. The fourth-order valence-electron chi connectivity index (χ4n) is 3.42. The van der Waals surface area contributed by atoms with Gasteiger partial charge in [0, 0.05) is 7.05 Å². The van der Waals surface area contributed by atoms with Gasteiger partial charge in [0.2, 0.25) is 0 Å². The second-order valence-corrected chi connectivity index (χ2v) is 8.80. The van der Waals surface area contributed by atoms with E-state index in [1.54, 1.807) is 30.7 Å². The zero-order chi connectivity index (χ0) is 21.0. The molecule has 1 aromatic carbocycles. The Morgan fingerprint density at radius 1 is 1.31 bits per heavy atom. The first kappa shape index (κ1) is 19.7. The third-order valence-corrected chi connectivity index (χ3v) is 6.66. The number of alkyl halides is 3. The molecule has 0 N–H and O–H groups in total. The Kier molecular flexibility index (Phi) is 4.59. The van der Waals surface area contributed by atoms with Crippen molar-refractivity contribution in [2.45, 2.75) is 36.3 Å². The van der Waals surface area contributed by atoms with Gasteiger partial charge < -0.3 is 9.12 Å². The molecule has 1 aliphatic rings. The summed E-state index contributed by atoms with van der Waals surface area (Å²) in [6.45, 7) is 1.79. The number of fused-ring (bicyclic) bond motifs is 1. The predicted octanol–water partition coefficient (Wildman–Crippen LogP) is 4.34. The number of hydrogen-bond donors (Lipinski definition) is 0. The lowest BCUT2D eigenvalue weighted by Crippen LogP contribution is -2.10. The number of hydrogen-bond acceptors (Lipinski definition) is 4. The molecule has 9 heteroatoms. The van der Waals surface area contributed by atoms with E-state index >= 15 is 0 Å². The minimum atomic E-state index is -4.56. The van der Waals surface area contributed by atoms with Crippen LogP contribution >= 0.6 is 0 Å². The van der Waals surface area contributed by atoms with Gasteiger partial charge in [-0.1, -0.05) is 6.07 Å². The van der Waals surface area contributed by atoms with Crippen LogP contribution in [0.2, 0.25) is 0 Å². The highest BCUT2D eigenvalue weighted by atomic mass is 32.2. The van der Waals surface area contributed by atoms with E-state index in [0.717, 1.165) is 30.7 Å². The molecule has 0 amide bonds. The van der Waals surface area contributed by atoms with E-state index in [4.69, 9.17) is 0 Å². The van der Waals surface area contributed by atoms with Crippen LogP contribution in [-0.4, -0.2) is 24.8 Å². The highest BCUT2D eigenvalue weighted by Gasteiger charge is 2.45. The molecular formula is C20H17F3N4OS. The summed E-state index contributed by atoms with van der Waals surface area (Å²) < 4.78 is 53.4. The molecule has 150 valence electrons. The van der Waals surface area contributed by atoms with Gasteiger partial charge in [-0.05, 0) is 54.7 Å². The van der Waals surface area contributed by atoms with E-state index in [9.17, 15) is 23.0 Å². The van der Waals surface area contributed by atoms with Crippen LogP contribution in [0.5, 0.6) is 0 Å². The van der Waals surface area contributed by atoms with Gasteiger partial charge in [0.15, 0.2) is 4.90 Å². The third kappa shape index (κ3) is 3.26. The predicted molar refractivity (Wildman–Crippen MR) is 102 cm³/mol. The Labute approximate surface area is 168 Å². The van der Waals surface area contributed by atoms with Crippen molar-refractivity contribution >= 4 is 22.2 Å². The molecule has 1 atom stereocenters. The van der Waals surface area contributed by atoms with Gasteiger partial charge in [-0.25, -0.2) is 9.97 Å². The Morgan fingerprint density at radius 3 is 2.62 bits per heavy atom. The molecule has 0 radical (unpaired) electrons. The van der Waals surface area contributed by atoms with Crippen LogP contribution in [0.4, 0.5) is 13.2 Å². The number of benzene rings is 1. The quantitative estimate of drug-likeness (QED) is 0.591. The van der Waals surface area contributed by atoms with Crippen LogP contribution in [0.1, 0.15) is 31.0 Å². The molecule has 2 aromatic heterocycles. The lowest BCUT2D eigenvalue weighted by molar-refractivity contribution is -0.141. The summed E-state index contributed by atoms with van der Waals surface area (Å²) in [7, 11) is 1.68. The second-order valence-electron chi connectivity index (χ2n) is 7.09. The summed E-state index contributed by atoms with van der Waals surface area (Å²) in [6, 6.07) is 8.61. The van der Waals surface area contributed by atoms with E-state index in [1.807, 2.05) is 6.07 Å². The number of nitriles is 1. The van der Waals surface area contributed by atoms with Crippen molar-refractivity contribution in [3.05, 3.63) is 41.7 Å². The fourth-order valence-corrected chi connectivity index (χ4v) is 4.40. The fraction of sp³-hybridized carbons (Fsp3) is 0.350. The van der Waals surface area contributed by atoms with Crippen molar-refractivity contribution in [1.29, 1.82) is 5.26 Å². The van der Waals surface area contributed by atoms with E-state index in [2.05, 4.69) is 16.0 Å². The first-order chi connectivity index (χ1) is 13.7. The minimum absolute atomic E-state index is 0.165. The van der Waals surface area contributed by atoms with Crippen molar-refractivity contribution in [2.75, 3.05) is 5.75 Å². The zero-order valence-electron chi connectivity index (χ0n) is 15.7. The van der Waals surface area contributed by atoms with Gasteiger partial charge in [0.1, 0.15) is 17.3 Å². The lowest BCUT2D eigenvalue weighted by atomic mass is 9.96. The molecule has 2 heterocycles. The summed E-state index contributed by atoms with van der Waals surface area (Å²) in [5.74, 6) is 0.783. The molecule has 0 bridgehead atoms. The second kappa shape index (κ2) is 6.75. The molecule has 0 aliphatic heterocycles. The number of imidazole rings is 1. The standard InChI is InChI=1S/C20H17F3N4OS/c1-3-29(28)16-8-12(19(11-24)6-7-19)4-5-13(16)18-26-14-9-17(20(21,22)23)25-10-15(14)27(18)2/h4-5,8-10H,3,6-7H2,1-2H3. The molecule has 0 saturated heterocycles. The maximum absolute atomic E-state index is 13.0. The smallest absolute Gasteiger partial charge is 0.433 e. The number of rotatable bonds is 4. The van der Waals surface area contributed by atoms with Crippen LogP contribution in [0.25, 0.3) is 22.4 Å². The summed E-state index contributed by atoms with van der Waals surface area (Å²) in [6.07, 6.45) is -1.88. The van der Waals surface area contributed by atoms with Gasteiger partial charge in [-0.2, -0.15) is 18.4 Å². The molecule has 29 heavy (non-hydrogen) atoms. The lowest BCUT2D eigenvalue weighted by Gasteiger charge is -2.15. The molecule has 1 fully saturated rings. The maximum atomic E-state index is 13.0. The first-order valence-electron chi connectivity index (χ1n) is 9.04. The highest BCUT2D eigenvalue weighted by molar-refractivity contribution is 7.91. The average Bonchev–Trinajstić information content (AvgIpc) is 3.44. The molecule has 5 nitrogen and oxygen atoms in total. The summed E-state index contributed by atoms with van der Waals surface area (Å²) in [4.78, 5) is 8.42. The van der Waals surface area contributed by atoms with Crippen molar-refractivity contribution < 1.29 is 17.7 Å². The van der Waals surface area contributed by atoms with Gasteiger partial charge in [-0.15, -0.1) is 0 Å². The zero-order valence-corrected chi connectivity index (χ0v) is 16.6. The SMILES string of the molecule is CC[S+]([O-])c1cc(C2(C#N)CC2)ccc1-c1nc2cc(C(F)(F)F)ncc2n1C.